The monoisotopic (exact) mass is 480 g/mol. The molecule has 182 valence electrons. The topological polar surface area (TPSA) is 62.6 Å². The van der Waals surface area contributed by atoms with E-state index >= 15 is 0 Å². The minimum atomic E-state index is -0.253. The smallest absolute Gasteiger partial charge is 0.225 e. The molecular weight excluding hydrogens is 451 g/mol. The number of hydrogen-bond donors (Lipinski definition) is 1. The summed E-state index contributed by atoms with van der Waals surface area (Å²) >= 11 is 0. The van der Waals surface area contributed by atoms with E-state index in [0.717, 1.165) is 70.9 Å². The number of aromatic nitrogens is 5. The van der Waals surface area contributed by atoms with Gasteiger partial charge in [0.25, 0.3) is 0 Å². The van der Waals surface area contributed by atoms with Crippen molar-refractivity contribution in [2.45, 2.75) is 46.6 Å². The van der Waals surface area contributed by atoms with Crippen LogP contribution in [0.2, 0.25) is 0 Å². The molecule has 7 heteroatoms. The Morgan fingerprint density at radius 1 is 1.00 bits per heavy atom. The lowest BCUT2D eigenvalue weighted by atomic mass is 9.97. The molecule has 4 heterocycles. The molecule has 0 amide bonds. The maximum Gasteiger partial charge on any atom is 0.225 e. The van der Waals surface area contributed by atoms with Gasteiger partial charge in [0.2, 0.25) is 5.95 Å². The van der Waals surface area contributed by atoms with Crippen molar-refractivity contribution in [1.29, 1.82) is 0 Å². The van der Waals surface area contributed by atoms with Gasteiger partial charge in [-0.25, -0.2) is 19.0 Å². The van der Waals surface area contributed by atoms with Gasteiger partial charge >= 0.3 is 0 Å². The lowest BCUT2D eigenvalue weighted by Gasteiger charge is -2.27. The van der Waals surface area contributed by atoms with Crippen LogP contribution in [-0.4, -0.2) is 31.3 Å². The van der Waals surface area contributed by atoms with Gasteiger partial charge in [-0.2, -0.15) is 5.10 Å². The molecule has 0 saturated carbocycles. The summed E-state index contributed by atoms with van der Waals surface area (Å²) < 4.78 is 16.8. The Hall–Kier alpha value is -4.00. The molecule has 2 aromatic carbocycles. The fourth-order valence-corrected chi connectivity index (χ4v) is 5.35. The van der Waals surface area contributed by atoms with Gasteiger partial charge < -0.3 is 9.88 Å². The predicted octanol–water partition coefficient (Wildman–Crippen LogP) is 5.95. The largest absolute Gasteiger partial charge is 0.359 e. The molecule has 6 nitrogen and oxygen atoms in total. The quantitative estimate of drug-likeness (QED) is 0.338. The van der Waals surface area contributed by atoms with E-state index in [-0.39, 0.29) is 5.82 Å². The number of aryl methyl sites for hydroxylation is 3. The Kier molecular flexibility index (Phi) is 5.55. The number of fused-ring (bicyclic) bond motifs is 2. The average molecular weight is 481 g/mol. The Labute approximate surface area is 209 Å². The molecule has 1 N–H and O–H groups in total. The van der Waals surface area contributed by atoms with Crippen LogP contribution in [0.3, 0.4) is 0 Å². The molecule has 0 saturated heterocycles. The van der Waals surface area contributed by atoms with E-state index in [4.69, 9.17) is 5.10 Å². The molecule has 0 bridgehead atoms. The molecule has 0 radical (unpaired) electrons. The first-order valence-corrected chi connectivity index (χ1v) is 12.6. The second-order valence-electron chi connectivity index (χ2n) is 9.41. The maximum atomic E-state index is 14.7. The summed E-state index contributed by atoms with van der Waals surface area (Å²) in [4.78, 5) is 14.5. The van der Waals surface area contributed by atoms with E-state index in [0.29, 0.717) is 12.1 Å². The van der Waals surface area contributed by atoms with Crippen LogP contribution in [0.5, 0.6) is 0 Å². The van der Waals surface area contributed by atoms with Crippen molar-refractivity contribution in [2.75, 3.05) is 11.4 Å². The molecule has 1 aliphatic heterocycles. The van der Waals surface area contributed by atoms with Crippen molar-refractivity contribution < 1.29 is 4.39 Å². The molecule has 36 heavy (non-hydrogen) atoms. The summed E-state index contributed by atoms with van der Waals surface area (Å²) in [5.74, 6) is 0.468. The third-order valence-corrected chi connectivity index (χ3v) is 7.19. The van der Waals surface area contributed by atoms with E-state index in [9.17, 15) is 4.39 Å². The van der Waals surface area contributed by atoms with Crippen LogP contribution in [0, 0.1) is 12.7 Å². The van der Waals surface area contributed by atoms with Crippen molar-refractivity contribution in [1.82, 2.24) is 24.7 Å². The maximum absolute atomic E-state index is 14.7. The summed E-state index contributed by atoms with van der Waals surface area (Å²) in [6.45, 7) is 7.80. The first kappa shape index (κ1) is 22.5. The van der Waals surface area contributed by atoms with Gasteiger partial charge in [0, 0.05) is 54.6 Å². The van der Waals surface area contributed by atoms with Gasteiger partial charge in [-0.3, -0.25) is 0 Å². The van der Waals surface area contributed by atoms with Crippen molar-refractivity contribution in [2.24, 2.45) is 0 Å². The normalized spacial score (nSPS) is 13.4. The highest BCUT2D eigenvalue weighted by atomic mass is 19.1. The highest BCUT2D eigenvalue weighted by molar-refractivity contribution is 5.96. The third-order valence-electron chi connectivity index (χ3n) is 7.19. The van der Waals surface area contributed by atoms with E-state index in [1.165, 1.54) is 11.1 Å². The fraction of sp³-hybridized carbons (Fsp3) is 0.276. The zero-order valence-corrected chi connectivity index (χ0v) is 20.8. The Balaban J connectivity index is 1.61. The van der Waals surface area contributed by atoms with E-state index < -0.39 is 0 Å². The number of benzene rings is 2. The molecule has 0 aliphatic carbocycles. The molecule has 3 aromatic heterocycles. The first-order chi connectivity index (χ1) is 17.6. The molecule has 0 fully saturated rings. The van der Waals surface area contributed by atoms with Crippen molar-refractivity contribution in [3.8, 4) is 16.9 Å². The summed E-state index contributed by atoms with van der Waals surface area (Å²) in [5, 5.41) is 6.07. The molecule has 6 rings (SSSR count). The highest BCUT2D eigenvalue weighted by Gasteiger charge is 2.29. The van der Waals surface area contributed by atoms with Gasteiger partial charge in [0.1, 0.15) is 5.82 Å². The summed E-state index contributed by atoms with van der Waals surface area (Å²) in [6, 6.07) is 11.9. The Bertz CT molecular complexity index is 1540. The fourth-order valence-electron chi connectivity index (χ4n) is 5.35. The standard InChI is InChI=1S/C29H29FN6/c1-4-19-7-6-8-20(5-2)27(19)36-28(22-9-10-24(30)26-21(22)11-13-31-26)23-17-35(14-12-25(23)34-36)29-32-15-18(3)16-33-29/h6-11,13,15-16,31H,4-5,12,14,17H2,1-3H3. The number of aromatic amines is 1. The van der Waals surface area contributed by atoms with Gasteiger partial charge in [0.05, 0.1) is 22.6 Å². The summed E-state index contributed by atoms with van der Waals surface area (Å²) in [6.07, 6.45) is 8.11. The summed E-state index contributed by atoms with van der Waals surface area (Å²) in [5.41, 5.74) is 9.41. The van der Waals surface area contributed by atoms with Crippen LogP contribution in [-0.2, 0) is 25.8 Å². The van der Waals surface area contributed by atoms with Crippen molar-refractivity contribution in [3.05, 3.63) is 88.8 Å². The predicted molar refractivity (Wildman–Crippen MR) is 141 cm³/mol. The minimum absolute atomic E-state index is 0.253. The number of halogens is 1. The van der Waals surface area contributed by atoms with Gasteiger partial charge in [-0.1, -0.05) is 32.0 Å². The number of hydrogen-bond acceptors (Lipinski definition) is 4. The van der Waals surface area contributed by atoms with Crippen LogP contribution in [0.1, 0.15) is 41.8 Å². The van der Waals surface area contributed by atoms with E-state index in [1.807, 2.05) is 31.5 Å². The number of nitrogens with zero attached hydrogens (tertiary/aromatic N) is 5. The number of H-pyrrole nitrogens is 1. The molecule has 0 spiro atoms. The van der Waals surface area contributed by atoms with Crippen molar-refractivity contribution >= 4 is 16.9 Å². The second kappa shape index (κ2) is 8.90. The minimum Gasteiger partial charge on any atom is -0.359 e. The molecule has 0 unspecified atom stereocenters. The lowest BCUT2D eigenvalue weighted by molar-refractivity contribution is 0.637. The van der Waals surface area contributed by atoms with Gasteiger partial charge in [-0.15, -0.1) is 0 Å². The van der Waals surface area contributed by atoms with Gasteiger partial charge in [-0.05, 0) is 54.7 Å². The Morgan fingerprint density at radius 2 is 1.75 bits per heavy atom. The number of para-hydroxylation sites is 1. The van der Waals surface area contributed by atoms with Crippen LogP contribution in [0.25, 0.3) is 27.8 Å². The SMILES string of the molecule is CCc1cccc(CC)c1-n1nc2c(c1-c1ccc(F)c3[nH]ccc13)CN(c1ncc(C)cn1)CC2. The molecule has 5 aromatic rings. The third kappa shape index (κ3) is 3.58. The van der Waals surface area contributed by atoms with Crippen LogP contribution < -0.4 is 4.90 Å². The lowest BCUT2D eigenvalue weighted by Crippen LogP contribution is -2.31. The highest BCUT2D eigenvalue weighted by Crippen LogP contribution is 2.39. The first-order valence-electron chi connectivity index (χ1n) is 12.6. The van der Waals surface area contributed by atoms with Crippen molar-refractivity contribution in [3.63, 3.8) is 0 Å². The number of rotatable bonds is 5. The number of nitrogens with one attached hydrogen (secondary N) is 1. The molecule has 0 atom stereocenters. The van der Waals surface area contributed by atoms with Crippen LogP contribution in [0.4, 0.5) is 10.3 Å². The zero-order valence-electron chi connectivity index (χ0n) is 20.8. The zero-order chi connectivity index (χ0) is 24.8. The van der Waals surface area contributed by atoms with E-state index in [2.05, 4.69) is 56.6 Å². The van der Waals surface area contributed by atoms with Gasteiger partial charge in [0.15, 0.2) is 0 Å². The Morgan fingerprint density at radius 3 is 2.47 bits per heavy atom. The molecule has 1 aliphatic rings. The van der Waals surface area contributed by atoms with E-state index in [1.54, 1.807) is 12.3 Å². The average Bonchev–Trinajstić information content (AvgIpc) is 3.54. The molecular formula is C29H29FN6. The number of anilines is 1. The second-order valence-corrected chi connectivity index (χ2v) is 9.41. The summed E-state index contributed by atoms with van der Waals surface area (Å²) in [7, 11) is 0. The van der Waals surface area contributed by atoms with Crippen LogP contribution in [0.15, 0.2) is 55.0 Å². The van der Waals surface area contributed by atoms with Crippen LogP contribution >= 0.6 is 0 Å².